The van der Waals surface area contributed by atoms with Crippen molar-refractivity contribution in [1.29, 1.82) is 0 Å². The number of halogens is 1. The van der Waals surface area contributed by atoms with Crippen LogP contribution in [0.5, 0.6) is 0 Å². The van der Waals surface area contributed by atoms with E-state index >= 15 is 0 Å². The van der Waals surface area contributed by atoms with Crippen LogP contribution in [-0.4, -0.2) is 20.3 Å². The number of ether oxygens (including phenoxy) is 1. The molecule has 0 radical (unpaired) electrons. The van der Waals surface area contributed by atoms with Gasteiger partial charge in [-0.1, -0.05) is 42.8 Å². The molecule has 0 aliphatic carbocycles. The minimum atomic E-state index is 0.217. The number of methoxy groups -OCH3 is 1. The zero-order valence-electron chi connectivity index (χ0n) is 11.9. The van der Waals surface area contributed by atoms with Gasteiger partial charge in [0.25, 0.3) is 0 Å². The monoisotopic (exact) mass is 309 g/mol. The van der Waals surface area contributed by atoms with E-state index in [4.69, 9.17) is 16.3 Å². The van der Waals surface area contributed by atoms with Gasteiger partial charge < -0.3 is 10.1 Å². The van der Waals surface area contributed by atoms with Crippen LogP contribution in [0.25, 0.3) is 0 Å². The fourth-order valence-corrected chi connectivity index (χ4v) is 3.33. The van der Waals surface area contributed by atoms with Gasteiger partial charge in [0.1, 0.15) is 0 Å². The Bertz CT molecular complexity index is 524. The maximum absolute atomic E-state index is 6.05. The van der Waals surface area contributed by atoms with Crippen molar-refractivity contribution >= 4 is 22.9 Å². The van der Waals surface area contributed by atoms with Crippen molar-refractivity contribution in [3.05, 3.63) is 56.7 Å². The van der Waals surface area contributed by atoms with Crippen LogP contribution in [0.2, 0.25) is 4.34 Å². The molecule has 0 spiro atoms. The van der Waals surface area contributed by atoms with Gasteiger partial charge >= 0.3 is 0 Å². The summed E-state index contributed by atoms with van der Waals surface area (Å²) >= 11 is 7.68. The predicted molar refractivity (Wildman–Crippen MR) is 86.9 cm³/mol. The number of nitrogens with one attached hydrogen (secondary N) is 1. The molecule has 20 heavy (non-hydrogen) atoms. The van der Waals surface area contributed by atoms with E-state index in [2.05, 4.69) is 42.6 Å². The summed E-state index contributed by atoms with van der Waals surface area (Å²) in [4.78, 5) is 1.25. The van der Waals surface area contributed by atoms with E-state index in [1.165, 1.54) is 16.0 Å². The summed E-state index contributed by atoms with van der Waals surface area (Å²) < 4.78 is 5.94. The van der Waals surface area contributed by atoms with Crippen molar-refractivity contribution in [2.75, 3.05) is 20.3 Å². The van der Waals surface area contributed by atoms with E-state index in [0.29, 0.717) is 0 Å². The van der Waals surface area contributed by atoms with Crippen molar-refractivity contribution < 1.29 is 4.74 Å². The molecule has 108 valence electrons. The first kappa shape index (κ1) is 15.5. The number of hydrogen-bond donors (Lipinski definition) is 1. The van der Waals surface area contributed by atoms with Gasteiger partial charge in [0.15, 0.2) is 0 Å². The molecule has 0 amide bonds. The zero-order chi connectivity index (χ0) is 14.4. The predicted octanol–water partition coefficient (Wildman–Crippen LogP) is 4.29. The maximum Gasteiger partial charge on any atom is 0.0931 e. The fraction of sp³-hybridized carbons (Fsp3) is 0.375. The summed E-state index contributed by atoms with van der Waals surface area (Å²) in [7, 11) is 1.73. The molecule has 1 unspecified atom stereocenters. The number of thiophene rings is 1. The Hall–Kier alpha value is -0.870. The Balaban J connectivity index is 2.17. The lowest BCUT2D eigenvalue weighted by Crippen LogP contribution is -2.21. The summed E-state index contributed by atoms with van der Waals surface area (Å²) in [5.41, 5.74) is 2.57. The zero-order valence-corrected chi connectivity index (χ0v) is 13.4. The van der Waals surface area contributed by atoms with Crippen LogP contribution in [0.1, 0.15) is 29.0 Å². The normalized spacial score (nSPS) is 12.6. The molecule has 0 bridgehead atoms. The lowest BCUT2D eigenvalue weighted by atomic mass is 10.0. The average Bonchev–Trinajstić information content (AvgIpc) is 2.89. The van der Waals surface area contributed by atoms with Gasteiger partial charge in [-0.05, 0) is 36.2 Å². The van der Waals surface area contributed by atoms with Gasteiger partial charge in [-0.2, -0.15) is 0 Å². The standard InChI is InChI=1S/C16H20ClNOS/c1-3-18-16(14-8-9-15(17)20-14)13-6-4-12(5-7-13)10-11-19-2/h4-9,16,18H,3,10-11H2,1-2H3. The summed E-state index contributed by atoms with van der Waals surface area (Å²) in [6.07, 6.45) is 0.952. The lowest BCUT2D eigenvalue weighted by Gasteiger charge is -2.17. The summed E-state index contributed by atoms with van der Waals surface area (Å²) in [6.45, 7) is 3.80. The second-order valence-corrected chi connectivity index (χ2v) is 6.36. The van der Waals surface area contributed by atoms with Gasteiger partial charge in [0.05, 0.1) is 17.0 Å². The molecule has 1 aromatic carbocycles. The molecule has 0 aliphatic heterocycles. The number of hydrogen-bond acceptors (Lipinski definition) is 3. The summed E-state index contributed by atoms with van der Waals surface area (Å²) in [5, 5.41) is 3.52. The molecule has 1 N–H and O–H groups in total. The van der Waals surface area contributed by atoms with Crippen LogP contribution >= 0.6 is 22.9 Å². The molecule has 0 fully saturated rings. The molecule has 0 saturated heterocycles. The molecule has 0 saturated carbocycles. The van der Waals surface area contributed by atoms with Gasteiger partial charge in [0.2, 0.25) is 0 Å². The quantitative estimate of drug-likeness (QED) is 0.824. The largest absolute Gasteiger partial charge is 0.384 e. The molecule has 2 aromatic rings. The minimum Gasteiger partial charge on any atom is -0.384 e. The molecule has 1 heterocycles. The van der Waals surface area contributed by atoms with Crippen molar-refractivity contribution in [3.63, 3.8) is 0 Å². The Labute approximate surface area is 129 Å². The van der Waals surface area contributed by atoms with Gasteiger partial charge in [-0.3, -0.25) is 0 Å². The van der Waals surface area contributed by atoms with Crippen molar-refractivity contribution in [2.24, 2.45) is 0 Å². The Morgan fingerprint density at radius 3 is 2.50 bits per heavy atom. The van der Waals surface area contributed by atoms with E-state index in [1.54, 1.807) is 18.4 Å². The highest BCUT2D eigenvalue weighted by Gasteiger charge is 2.14. The van der Waals surface area contributed by atoms with Crippen molar-refractivity contribution in [3.8, 4) is 0 Å². The maximum atomic E-state index is 6.05. The van der Waals surface area contributed by atoms with Crippen LogP contribution in [0.4, 0.5) is 0 Å². The third-order valence-electron chi connectivity index (χ3n) is 3.19. The highest BCUT2D eigenvalue weighted by atomic mass is 35.5. The topological polar surface area (TPSA) is 21.3 Å². The van der Waals surface area contributed by atoms with Crippen molar-refractivity contribution in [1.82, 2.24) is 5.32 Å². The van der Waals surface area contributed by atoms with Crippen LogP contribution < -0.4 is 5.32 Å². The number of benzene rings is 1. The summed E-state index contributed by atoms with van der Waals surface area (Å²) in [6, 6.07) is 13.0. The van der Waals surface area contributed by atoms with Crippen LogP contribution in [0.15, 0.2) is 36.4 Å². The Kier molecular flexibility index (Phi) is 6.05. The van der Waals surface area contributed by atoms with Crippen LogP contribution in [0, 0.1) is 0 Å². The molecule has 4 heteroatoms. The Morgan fingerprint density at radius 1 is 1.20 bits per heavy atom. The van der Waals surface area contributed by atoms with E-state index in [1.807, 2.05) is 6.07 Å². The first-order chi connectivity index (χ1) is 9.74. The third-order valence-corrected chi connectivity index (χ3v) is 4.49. The van der Waals surface area contributed by atoms with E-state index in [0.717, 1.165) is 23.9 Å². The smallest absolute Gasteiger partial charge is 0.0931 e. The van der Waals surface area contributed by atoms with Crippen LogP contribution in [0.3, 0.4) is 0 Å². The van der Waals surface area contributed by atoms with E-state index in [-0.39, 0.29) is 6.04 Å². The molecule has 1 atom stereocenters. The first-order valence-electron chi connectivity index (χ1n) is 6.81. The second-order valence-electron chi connectivity index (χ2n) is 4.62. The number of rotatable bonds is 7. The molecule has 2 nitrogen and oxygen atoms in total. The SMILES string of the molecule is CCNC(c1ccc(CCOC)cc1)c1ccc(Cl)s1. The molecule has 2 rings (SSSR count). The highest BCUT2D eigenvalue weighted by Crippen LogP contribution is 2.31. The van der Waals surface area contributed by atoms with E-state index in [9.17, 15) is 0 Å². The average molecular weight is 310 g/mol. The molecule has 0 aliphatic rings. The Morgan fingerprint density at radius 2 is 1.95 bits per heavy atom. The van der Waals surface area contributed by atoms with E-state index < -0.39 is 0 Å². The molecule has 1 aromatic heterocycles. The van der Waals surface area contributed by atoms with Gasteiger partial charge in [0, 0.05) is 12.0 Å². The second kappa shape index (κ2) is 7.79. The molecular weight excluding hydrogens is 290 g/mol. The highest BCUT2D eigenvalue weighted by molar-refractivity contribution is 7.16. The first-order valence-corrected chi connectivity index (χ1v) is 8.00. The molecular formula is C16H20ClNOS. The summed E-state index contributed by atoms with van der Waals surface area (Å²) in [5.74, 6) is 0. The van der Waals surface area contributed by atoms with Crippen molar-refractivity contribution in [2.45, 2.75) is 19.4 Å². The minimum absolute atomic E-state index is 0.217. The lowest BCUT2D eigenvalue weighted by molar-refractivity contribution is 0.202. The van der Waals surface area contributed by atoms with Crippen LogP contribution in [-0.2, 0) is 11.2 Å². The van der Waals surface area contributed by atoms with Gasteiger partial charge in [-0.15, -0.1) is 11.3 Å². The fourth-order valence-electron chi connectivity index (χ4n) is 2.17. The van der Waals surface area contributed by atoms with Gasteiger partial charge in [-0.25, -0.2) is 0 Å². The third kappa shape index (κ3) is 4.06.